The van der Waals surface area contributed by atoms with Crippen molar-refractivity contribution in [2.75, 3.05) is 0 Å². The predicted molar refractivity (Wildman–Crippen MR) is 71.7 cm³/mol. The highest BCUT2D eigenvalue weighted by molar-refractivity contribution is 9.10. The van der Waals surface area contributed by atoms with Crippen molar-refractivity contribution in [2.24, 2.45) is 5.92 Å². The predicted octanol–water partition coefficient (Wildman–Crippen LogP) is 4.57. The summed E-state index contributed by atoms with van der Waals surface area (Å²) in [5, 5.41) is 0. The monoisotopic (exact) mass is 274 g/mol. The highest BCUT2D eigenvalue weighted by atomic mass is 79.9. The molecule has 2 aliphatic rings. The van der Waals surface area contributed by atoms with Crippen molar-refractivity contribution >= 4 is 15.9 Å². The van der Waals surface area contributed by atoms with Gasteiger partial charge in [0.2, 0.25) is 0 Å². The smallest absolute Gasteiger partial charge is 0.0178 e. The van der Waals surface area contributed by atoms with E-state index in [9.17, 15) is 0 Å². The molecule has 3 rings (SSSR count). The lowest BCUT2D eigenvalue weighted by atomic mass is 9.74. The van der Waals surface area contributed by atoms with E-state index in [0.29, 0.717) is 11.8 Å². The van der Waals surface area contributed by atoms with Crippen LogP contribution < -0.4 is 0 Å². The summed E-state index contributed by atoms with van der Waals surface area (Å²) in [7, 11) is 0. The van der Waals surface area contributed by atoms with E-state index in [1.807, 2.05) is 0 Å². The summed E-state index contributed by atoms with van der Waals surface area (Å²) in [4.78, 5) is 0. The molecule has 0 spiro atoms. The Morgan fingerprint density at radius 3 is 2.69 bits per heavy atom. The van der Waals surface area contributed by atoms with Crippen LogP contribution in [0.15, 0.2) is 47.0 Å². The quantitative estimate of drug-likeness (QED) is 0.650. The number of halogens is 1. The van der Waals surface area contributed by atoms with E-state index in [4.69, 9.17) is 0 Å². The molecule has 0 radical (unpaired) electrons. The molecule has 0 aromatic heterocycles. The first-order valence-electron chi connectivity index (χ1n) is 5.75. The zero-order valence-corrected chi connectivity index (χ0v) is 11.2. The second-order valence-corrected chi connectivity index (χ2v) is 6.19. The lowest BCUT2D eigenvalue weighted by molar-refractivity contribution is 0.394. The topological polar surface area (TPSA) is 0 Å². The second-order valence-electron chi connectivity index (χ2n) is 5.27. The van der Waals surface area contributed by atoms with Gasteiger partial charge in [-0.1, -0.05) is 60.1 Å². The van der Waals surface area contributed by atoms with Crippen LogP contribution in [0.25, 0.3) is 0 Å². The van der Waals surface area contributed by atoms with Gasteiger partial charge in [-0.25, -0.2) is 0 Å². The Morgan fingerprint density at radius 2 is 1.88 bits per heavy atom. The summed E-state index contributed by atoms with van der Waals surface area (Å²) in [6.07, 6.45) is 9.06. The van der Waals surface area contributed by atoms with Gasteiger partial charge in [0.1, 0.15) is 0 Å². The molecule has 0 saturated carbocycles. The fourth-order valence-electron chi connectivity index (χ4n) is 3.15. The van der Waals surface area contributed by atoms with Gasteiger partial charge in [0, 0.05) is 10.4 Å². The molecular weight excluding hydrogens is 260 g/mol. The van der Waals surface area contributed by atoms with Crippen molar-refractivity contribution in [1.29, 1.82) is 0 Å². The van der Waals surface area contributed by atoms with Gasteiger partial charge in [-0.2, -0.15) is 0 Å². The van der Waals surface area contributed by atoms with Gasteiger partial charge in [0.05, 0.1) is 0 Å². The van der Waals surface area contributed by atoms with Gasteiger partial charge in [0.15, 0.2) is 0 Å². The summed E-state index contributed by atoms with van der Waals surface area (Å²) >= 11 is 3.58. The first kappa shape index (κ1) is 10.3. The van der Waals surface area contributed by atoms with E-state index >= 15 is 0 Å². The SMILES string of the molecule is CC1(C)c2cc(Br)ccc2C2C=CC=CC21. The van der Waals surface area contributed by atoms with Crippen LogP contribution in [0.3, 0.4) is 0 Å². The maximum Gasteiger partial charge on any atom is 0.0178 e. The van der Waals surface area contributed by atoms with Crippen LogP contribution in [0, 0.1) is 5.92 Å². The maximum atomic E-state index is 3.58. The molecule has 0 amide bonds. The van der Waals surface area contributed by atoms with E-state index in [1.165, 1.54) is 15.6 Å². The van der Waals surface area contributed by atoms with Crippen LogP contribution in [-0.2, 0) is 5.41 Å². The number of rotatable bonds is 0. The summed E-state index contributed by atoms with van der Waals surface area (Å²) < 4.78 is 1.19. The van der Waals surface area contributed by atoms with Gasteiger partial charge < -0.3 is 0 Å². The van der Waals surface area contributed by atoms with Crippen LogP contribution in [0.2, 0.25) is 0 Å². The second kappa shape index (κ2) is 3.33. The number of benzene rings is 1. The molecule has 0 fully saturated rings. The van der Waals surface area contributed by atoms with Crippen LogP contribution in [0.4, 0.5) is 0 Å². The summed E-state index contributed by atoms with van der Waals surface area (Å²) in [6, 6.07) is 6.72. The van der Waals surface area contributed by atoms with E-state index < -0.39 is 0 Å². The molecule has 2 unspecified atom stereocenters. The van der Waals surface area contributed by atoms with Crippen LogP contribution in [-0.4, -0.2) is 0 Å². The van der Waals surface area contributed by atoms with Gasteiger partial charge in [-0.05, 0) is 34.6 Å². The molecule has 2 atom stereocenters. The third-order valence-electron chi connectivity index (χ3n) is 4.04. The van der Waals surface area contributed by atoms with Crippen molar-refractivity contribution in [3.63, 3.8) is 0 Å². The zero-order valence-electron chi connectivity index (χ0n) is 9.57. The molecule has 0 saturated heterocycles. The Labute approximate surface area is 105 Å². The Hall–Kier alpha value is -0.820. The fraction of sp³-hybridized carbons (Fsp3) is 0.333. The minimum Gasteiger partial charge on any atom is -0.0796 e. The molecule has 2 aliphatic carbocycles. The highest BCUT2D eigenvalue weighted by Gasteiger charge is 2.44. The number of fused-ring (bicyclic) bond motifs is 3. The zero-order chi connectivity index (χ0) is 11.3. The molecule has 0 bridgehead atoms. The Balaban J connectivity index is 2.23. The summed E-state index contributed by atoms with van der Waals surface area (Å²) in [5.41, 5.74) is 3.23. The van der Waals surface area contributed by atoms with E-state index in [-0.39, 0.29) is 5.41 Å². The molecule has 0 heterocycles. The third-order valence-corrected chi connectivity index (χ3v) is 4.53. The lowest BCUT2D eigenvalue weighted by Crippen LogP contribution is -2.24. The lowest BCUT2D eigenvalue weighted by Gasteiger charge is -2.29. The summed E-state index contributed by atoms with van der Waals surface area (Å²) in [6.45, 7) is 4.71. The van der Waals surface area contributed by atoms with Crippen LogP contribution in [0.1, 0.15) is 30.9 Å². The molecular formula is C15H15Br. The molecule has 82 valence electrons. The number of hydrogen-bond acceptors (Lipinski definition) is 0. The minimum absolute atomic E-state index is 0.241. The largest absolute Gasteiger partial charge is 0.0796 e. The Kier molecular flexibility index (Phi) is 2.16. The van der Waals surface area contributed by atoms with Crippen molar-refractivity contribution < 1.29 is 0 Å². The average Bonchev–Trinajstić information content (AvgIpc) is 2.49. The minimum atomic E-state index is 0.241. The van der Waals surface area contributed by atoms with E-state index in [1.54, 1.807) is 0 Å². The Bertz CT molecular complexity index is 494. The molecule has 0 N–H and O–H groups in total. The first-order chi connectivity index (χ1) is 7.60. The van der Waals surface area contributed by atoms with Crippen LogP contribution in [0.5, 0.6) is 0 Å². The van der Waals surface area contributed by atoms with Gasteiger partial charge in [0.25, 0.3) is 0 Å². The molecule has 16 heavy (non-hydrogen) atoms. The van der Waals surface area contributed by atoms with Crippen molar-refractivity contribution in [3.8, 4) is 0 Å². The third kappa shape index (κ3) is 1.27. The molecule has 1 aromatic rings. The normalized spacial score (nSPS) is 28.9. The fourth-order valence-corrected chi connectivity index (χ4v) is 3.51. The highest BCUT2D eigenvalue weighted by Crippen LogP contribution is 2.53. The van der Waals surface area contributed by atoms with Gasteiger partial charge in [-0.3, -0.25) is 0 Å². The Morgan fingerprint density at radius 1 is 1.12 bits per heavy atom. The average molecular weight is 275 g/mol. The van der Waals surface area contributed by atoms with E-state index in [2.05, 4.69) is 72.3 Å². The van der Waals surface area contributed by atoms with Crippen molar-refractivity contribution in [3.05, 3.63) is 58.1 Å². The standard InChI is InChI=1S/C15H15Br/c1-15(2)13-6-4-3-5-11(13)12-8-7-10(16)9-14(12)15/h3-9,11,13H,1-2H3. The molecule has 0 nitrogen and oxygen atoms in total. The number of hydrogen-bond donors (Lipinski definition) is 0. The molecule has 0 aliphatic heterocycles. The maximum absolute atomic E-state index is 3.58. The van der Waals surface area contributed by atoms with Crippen molar-refractivity contribution in [1.82, 2.24) is 0 Å². The summed E-state index contributed by atoms with van der Waals surface area (Å²) in [5.74, 6) is 1.19. The molecule has 1 aromatic carbocycles. The van der Waals surface area contributed by atoms with Crippen LogP contribution >= 0.6 is 15.9 Å². The van der Waals surface area contributed by atoms with Crippen molar-refractivity contribution in [2.45, 2.75) is 25.2 Å². The first-order valence-corrected chi connectivity index (χ1v) is 6.55. The van der Waals surface area contributed by atoms with Gasteiger partial charge in [-0.15, -0.1) is 0 Å². The molecule has 1 heteroatoms. The van der Waals surface area contributed by atoms with E-state index in [0.717, 1.165) is 0 Å². The van der Waals surface area contributed by atoms with Gasteiger partial charge >= 0.3 is 0 Å². The number of allylic oxidation sites excluding steroid dienone is 4.